The third kappa shape index (κ3) is 5.98. The number of nitrogens with zero attached hydrogens (tertiary/aromatic N) is 1. The summed E-state index contributed by atoms with van der Waals surface area (Å²) >= 11 is 0. The summed E-state index contributed by atoms with van der Waals surface area (Å²) in [6.07, 6.45) is 0.753. The van der Waals surface area contributed by atoms with E-state index in [9.17, 15) is 9.90 Å². The van der Waals surface area contributed by atoms with Crippen LogP contribution in [-0.4, -0.2) is 19.1 Å². The fourth-order valence-electron chi connectivity index (χ4n) is 2.13. The van der Waals surface area contributed by atoms with Crippen LogP contribution in [0.15, 0.2) is 24.3 Å². The Kier molecular flexibility index (Phi) is 9.15. The predicted octanol–water partition coefficient (Wildman–Crippen LogP) is -0.830. The number of benzene rings is 1. The Morgan fingerprint density at radius 1 is 1.32 bits per heavy atom. The van der Waals surface area contributed by atoms with Crippen LogP contribution in [-0.2, 0) is 4.79 Å². The van der Waals surface area contributed by atoms with Crippen LogP contribution in [0.3, 0.4) is 0 Å². The first-order valence-electron chi connectivity index (χ1n) is 6.60. The molecule has 0 spiro atoms. The van der Waals surface area contributed by atoms with E-state index >= 15 is 0 Å². The molecule has 1 rings (SSSR count). The van der Waals surface area contributed by atoms with Gasteiger partial charge in [-0.15, -0.1) is 0 Å². The predicted molar refractivity (Wildman–Crippen MR) is 72.7 cm³/mol. The molecule has 19 heavy (non-hydrogen) atoms. The van der Waals surface area contributed by atoms with Crippen LogP contribution in [0.25, 0.3) is 0 Å². The number of hydrogen-bond donors (Lipinski definition) is 0. The molecule has 1 aromatic carbocycles. The fraction of sp³-hybridized carbons (Fsp3) is 0.533. The number of carboxylic acid groups (broad SMARTS) is 1. The minimum Gasteiger partial charge on any atom is -0.550 e. The van der Waals surface area contributed by atoms with Gasteiger partial charge in [-0.05, 0) is 37.3 Å². The van der Waals surface area contributed by atoms with Crippen molar-refractivity contribution in [2.75, 3.05) is 18.0 Å². The molecule has 0 aliphatic heterocycles. The van der Waals surface area contributed by atoms with Crippen LogP contribution in [0.2, 0.25) is 0 Å². The maximum absolute atomic E-state index is 10.5. The van der Waals surface area contributed by atoms with Crippen LogP contribution in [0.5, 0.6) is 0 Å². The van der Waals surface area contributed by atoms with E-state index in [1.807, 2.05) is 12.1 Å². The first kappa shape index (κ1) is 18.5. The van der Waals surface area contributed by atoms with Gasteiger partial charge in [0.05, 0.1) is 0 Å². The van der Waals surface area contributed by atoms with Gasteiger partial charge in [-0.3, -0.25) is 0 Å². The van der Waals surface area contributed by atoms with E-state index in [-0.39, 0.29) is 36.0 Å². The van der Waals surface area contributed by atoms with Crippen LogP contribution in [0.1, 0.15) is 45.1 Å². The number of hydrogen-bond acceptors (Lipinski definition) is 3. The van der Waals surface area contributed by atoms with Crippen molar-refractivity contribution in [3.63, 3.8) is 0 Å². The van der Waals surface area contributed by atoms with E-state index in [1.165, 1.54) is 11.3 Å². The average molecular weight is 271 g/mol. The van der Waals surface area contributed by atoms with Crippen molar-refractivity contribution >= 4 is 11.7 Å². The van der Waals surface area contributed by atoms with E-state index in [4.69, 9.17) is 0 Å². The van der Waals surface area contributed by atoms with Gasteiger partial charge in [0.1, 0.15) is 0 Å². The molecule has 0 amide bonds. The van der Waals surface area contributed by atoms with Crippen molar-refractivity contribution in [2.45, 2.75) is 39.5 Å². The van der Waals surface area contributed by atoms with Crippen molar-refractivity contribution in [3.8, 4) is 0 Å². The molecule has 0 heterocycles. The summed E-state index contributed by atoms with van der Waals surface area (Å²) in [4.78, 5) is 12.7. The Balaban J connectivity index is 0.00000324. The number of carbonyl (C=O) groups excluding carboxylic acids is 1. The van der Waals surface area contributed by atoms with Crippen molar-refractivity contribution < 1.29 is 39.5 Å². The van der Waals surface area contributed by atoms with Crippen molar-refractivity contribution in [2.24, 2.45) is 0 Å². The summed E-state index contributed by atoms with van der Waals surface area (Å²) in [6.45, 7) is 8.09. The molecule has 3 nitrogen and oxygen atoms in total. The molecule has 4 heteroatoms. The summed E-state index contributed by atoms with van der Waals surface area (Å²) in [7, 11) is 0. The summed E-state index contributed by atoms with van der Waals surface area (Å²) in [5.41, 5.74) is 2.53. The molecule has 0 unspecified atom stereocenters. The summed E-state index contributed by atoms with van der Waals surface area (Å²) < 4.78 is 0. The van der Waals surface area contributed by atoms with Crippen LogP contribution in [0, 0.1) is 0 Å². The van der Waals surface area contributed by atoms with Crippen molar-refractivity contribution in [1.82, 2.24) is 0 Å². The largest absolute Gasteiger partial charge is 1.00 e. The van der Waals surface area contributed by atoms with E-state index in [0.717, 1.165) is 13.1 Å². The summed E-state index contributed by atoms with van der Waals surface area (Å²) in [6, 6.07) is 8.33. The summed E-state index contributed by atoms with van der Waals surface area (Å²) in [5, 5.41) is 10.5. The van der Waals surface area contributed by atoms with Crippen LogP contribution < -0.4 is 39.6 Å². The minimum atomic E-state index is -0.969. The van der Waals surface area contributed by atoms with Gasteiger partial charge in [0.15, 0.2) is 0 Å². The first-order chi connectivity index (χ1) is 8.56. The number of aliphatic carboxylic acids is 1. The van der Waals surface area contributed by atoms with Gasteiger partial charge in [-0.25, -0.2) is 0 Å². The third-order valence-corrected chi connectivity index (χ3v) is 3.09. The molecule has 100 valence electrons. The zero-order valence-electron chi connectivity index (χ0n) is 12.5. The number of carboxylic acids is 1. The fourth-order valence-corrected chi connectivity index (χ4v) is 2.13. The Labute approximate surface area is 138 Å². The molecule has 0 radical (unpaired) electrons. The molecule has 0 aliphatic rings. The Bertz CT molecular complexity index is 393. The van der Waals surface area contributed by atoms with Crippen LogP contribution in [0.4, 0.5) is 5.69 Å². The first-order valence-corrected chi connectivity index (χ1v) is 6.60. The standard InChI is InChI=1S/C15H23NO2.Na/c1-4-16(11-7-10-15(17)18)14-9-6-5-8-13(14)12(2)3;/h5-6,8-9,12H,4,7,10-11H2,1-3H3,(H,17,18);/q;+1/p-1. The molecule has 0 atom stereocenters. The number of rotatable bonds is 7. The molecule has 1 aromatic rings. The molecular weight excluding hydrogens is 249 g/mol. The van der Waals surface area contributed by atoms with E-state index in [2.05, 4.69) is 37.8 Å². The second-order valence-electron chi connectivity index (χ2n) is 4.77. The Morgan fingerprint density at radius 3 is 2.47 bits per heavy atom. The second kappa shape index (κ2) is 9.40. The van der Waals surface area contributed by atoms with Crippen molar-refractivity contribution in [3.05, 3.63) is 29.8 Å². The molecule has 0 N–H and O–H groups in total. The van der Waals surface area contributed by atoms with E-state index < -0.39 is 5.97 Å². The van der Waals surface area contributed by atoms with E-state index in [0.29, 0.717) is 12.3 Å². The van der Waals surface area contributed by atoms with Gasteiger partial charge in [-0.2, -0.15) is 0 Å². The molecule has 0 fully saturated rings. The molecule has 0 bridgehead atoms. The number of para-hydroxylation sites is 1. The van der Waals surface area contributed by atoms with Gasteiger partial charge in [0.2, 0.25) is 0 Å². The van der Waals surface area contributed by atoms with Gasteiger partial charge in [-0.1, -0.05) is 32.0 Å². The SMILES string of the molecule is CCN(CCCC(=O)[O-])c1ccccc1C(C)C.[Na+]. The zero-order chi connectivity index (χ0) is 13.5. The van der Waals surface area contributed by atoms with Gasteiger partial charge in [0.25, 0.3) is 0 Å². The smallest absolute Gasteiger partial charge is 0.550 e. The van der Waals surface area contributed by atoms with Gasteiger partial charge in [0, 0.05) is 24.7 Å². The second-order valence-corrected chi connectivity index (χ2v) is 4.77. The number of anilines is 1. The van der Waals surface area contributed by atoms with Gasteiger partial charge < -0.3 is 14.8 Å². The van der Waals surface area contributed by atoms with Crippen molar-refractivity contribution in [1.29, 1.82) is 0 Å². The maximum atomic E-state index is 10.5. The quantitative estimate of drug-likeness (QED) is 0.608. The minimum absolute atomic E-state index is 0. The molecule has 0 saturated carbocycles. The molecular formula is C15H22NNaO2. The maximum Gasteiger partial charge on any atom is 1.00 e. The molecule has 0 saturated heterocycles. The average Bonchev–Trinajstić information content (AvgIpc) is 2.34. The van der Waals surface area contributed by atoms with E-state index in [1.54, 1.807) is 0 Å². The molecule has 0 aliphatic carbocycles. The van der Waals surface area contributed by atoms with Gasteiger partial charge >= 0.3 is 29.6 Å². The zero-order valence-corrected chi connectivity index (χ0v) is 14.5. The summed E-state index contributed by atoms with van der Waals surface area (Å²) in [5.74, 6) is -0.500. The van der Waals surface area contributed by atoms with Crippen LogP contribution >= 0.6 is 0 Å². The Morgan fingerprint density at radius 2 is 1.95 bits per heavy atom. The topological polar surface area (TPSA) is 43.4 Å². The molecule has 0 aromatic heterocycles. The third-order valence-electron chi connectivity index (χ3n) is 3.09. The monoisotopic (exact) mass is 271 g/mol. The Hall–Kier alpha value is -0.510. The number of carbonyl (C=O) groups is 1. The normalized spacial score (nSPS) is 10.1.